The number of rotatable bonds is 3. The molecule has 0 aliphatic carbocycles. The highest BCUT2D eigenvalue weighted by Gasteiger charge is 2.19. The number of piperidine rings is 1. The molecule has 5 heteroatoms. The number of hydrogen-bond donors (Lipinski definition) is 0. The fourth-order valence-electron chi connectivity index (χ4n) is 1.94. The van der Waals surface area contributed by atoms with Gasteiger partial charge in [-0.05, 0) is 26.7 Å². The highest BCUT2D eigenvalue weighted by atomic mass is 79.9. The summed E-state index contributed by atoms with van der Waals surface area (Å²) in [5.74, 6) is 1.48. The molecule has 0 aromatic carbocycles. The van der Waals surface area contributed by atoms with Crippen molar-refractivity contribution in [1.82, 2.24) is 9.97 Å². The Labute approximate surface area is 111 Å². The Bertz CT molecular complexity index is 378. The number of nitrogens with zero attached hydrogens (tertiary/aromatic N) is 3. The number of ether oxygens (including phenoxy) is 1. The summed E-state index contributed by atoms with van der Waals surface area (Å²) in [6.07, 6.45) is 2.28. The molecule has 1 aliphatic heterocycles. The number of aromatic nitrogens is 2. The Morgan fingerprint density at radius 3 is 2.76 bits per heavy atom. The third kappa shape index (κ3) is 3.31. The molecule has 4 nitrogen and oxygen atoms in total. The van der Waals surface area contributed by atoms with Gasteiger partial charge >= 0.3 is 0 Å². The second-order valence-electron chi connectivity index (χ2n) is 4.24. The van der Waals surface area contributed by atoms with Crippen molar-refractivity contribution in [3.8, 4) is 5.88 Å². The van der Waals surface area contributed by atoms with Crippen LogP contribution in [0.25, 0.3) is 0 Å². The summed E-state index contributed by atoms with van der Waals surface area (Å²) < 4.78 is 5.45. The van der Waals surface area contributed by atoms with Crippen molar-refractivity contribution in [3.05, 3.63) is 11.8 Å². The van der Waals surface area contributed by atoms with E-state index in [9.17, 15) is 0 Å². The molecule has 1 saturated heterocycles. The SMILES string of the molecule is CCOc1cc(C)nc(N2CCC(Br)CC2)n1. The van der Waals surface area contributed by atoms with Crippen LogP contribution in [0.3, 0.4) is 0 Å². The summed E-state index contributed by atoms with van der Waals surface area (Å²) >= 11 is 3.65. The first-order valence-electron chi connectivity index (χ1n) is 6.06. The van der Waals surface area contributed by atoms with Crippen LogP contribution in [-0.2, 0) is 0 Å². The normalized spacial score (nSPS) is 17.2. The molecule has 2 rings (SSSR count). The predicted octanol–water partition coefficient (Wildman–Crippen LogP) is 2.55. The van der Waals surface area contributed by atoms with Crippen molar-refractivity contribution in [2.24, 2.45) is 0 Å². The highest BCUT2D eigenvalue weighted by molar-refractivity contribution is 9.09. The van der Waals surface area contributed by atoms with E-state index in [1.54, 1.807) is 0 Å². The van der Waals surface area contributed by atoms with Gasteiger partial charge in [-0.15, -0.1) is 0 Å². The third-order valence-electron chi connectivity index (χ3n) is 2.82. The molecule has 0 unspecified atom stereocenters. The van der Waals surface area contributed by atoms with Gasteiger partial charge in [0, 0.05) is 29.7 Å². The van der Waals surface area contributed by atoms with E-state index in [2.05, 4.69) is 30.8 Å². The predicted molar refractivity (Wildman–Crippen MR) is 72.1 cm³/mol. The second-order valence-corrected chi connectivity index (χ2v) is 5.54. The molecule has 1 aliphatic rings. The highest BCUT2D eigenvalue weighted by Crippen LogP contribution is 2.22. The van der Waals surface area contributed by atoms with Gasteiger partial charge in [0.1, 0.15) is 0 Å². The van der Waals surface area contributed by atoms with Crippen molar-refractivity contribution in [3.63, 3.8) is 0 Å². The van der Waals surface area contributed by atoms with Crippen LogP contribution >= 0.6 is 15.9 Å². The monoisotopic (exact) mass is 299 g/mol. The quantitative estimate of drug-likeness (QED) is 0.804. The second kappa shape index (κ2) is 5.67. The molecule has 0 amide bonds. The van der Waals surface area contributed by atoms with E-state index >= 15 is 0 Å². The van der Waals surface area contributed by atoms with Gasteiger partial charge in [0.15, 0.2) is 0 Å². The lowest BCUT2D eigenvalue weighted by atomic mass is 10.1. The Hall–Kier alpha value is -0.840. The minimum absolute atomic E-state index is 0.634. The summed E-state index contributed by atoms with van der Waals surface area (Å²) in [5.41, 5.74) is 0.958. The molecule has 0 spiro atoms. The van der Waals surface area contributed by atoms with E-state index in [1.165, 1.54) is 0 Å². The number of halogens is 1. The van der Waals surface area contributed by atoms with Crippen molar-refractivity contribution in [2.75, 3.05) is 24.6 Å². The van der Waals surface area contributed by atoms with Crippen LogP contribution in [0.4, 0.5) is 5.95 Å². The van der Waals surface area contributed by atoms with Gasteiger partial charge < -0.3 is 9.64 Å². The average molecular weight is 300 g/mol. The first kappa shape index (κ1) is 12.6. The van der Waals surface area contributed by atoms with Crippen LogP contribution < -0.4 is 9.64 Å². The lowest BCUT2D eigenvalue weighted by Gasteiger charge is -2.29. The van der Waals surface area contributed by atoms with E-state index in [1.807, 2.05) is 19.9 Å². The molecule has 1 fully saturated rings. The number of alkyl halides is 1. The molecule has 1 aromatic rings. The molecule has 0 radical (unpaired) electrons. The van der Waals surface area contributed by atoms with Crippen molar-refractivity contribution in [2.45, 2.75) is 31.5 Å². The number of hydrogen-bond acceptors (Lipinski definition) is 4. The summed E-state index contributed by atoms with van der Waals surface area (Å²) in [4.78, 5) is 11.8. The first-order valence-corrected chi connectivity index (χ1v) is 6.98. The molecule has 0 bridgehead atoms. The maximum atomic E-state index is 5.45. The summed E-state index contributed by atoms with van der Waals surface area (Å²) in [6.45, 7) is 6.59. The molecular weight excluding hydrogens is 282 g/mol. The summed E-state index contributed by atoms with van der Waals surface area (Å²) in [7, 11) is 0. The van der Waals surface area contributed by atoms with Crippen molar-refractivity contribution >= 4 is 21.9 Å². The number of aryl methyl sites for hydroxylation is 1. The van der Waals surface area contributed by atoms with Crippen LogP contribution in [0.5, 0.6) is 5.88 Å². The molecular formula is C12H18BrN3O. The minimum Gasteiger partial charge on any atom is -0.478 e. The van der Waals surface area contributed by atoms with Gasteiger partial charge in [0.25, 0.3) is 0 Å². The van der Waals surface area contributed by atoms with E-state index < -0.39 is 0 Å². The Morgan fingerprint density at radius 2 is 2.12 bits per heavy atom. The number of anilines is 1. The standard InChI is InChI=1S/C12H18BrN3O/c1-3-17-11-8-9(2)14-12(15-11)16-6-4-10(13)5-7-16/h8,10H,3-7H2,1-2H3. The molecule has 1 aromatic heterocycles. The lowest BCUT2D eigenvalue weighted by molar-refractivity contribution is 0.325. The van der Waals surface area contributed by atoms with Gasteiger partial charge in [-0.25, -0.2) is 4.98 Å². The van der Waals surface area contributed by atoms with E-state index in [4.69, 9.17) is 4.74 Å². The maximum Gasteiger partial charge on any atom is 0.228 e. The molecule has 0 atom stereocenters. The molecule has 94 valence electrons. The van der Waals surface area contributed by atoms with Crippen LogP contribution in [0.1, 0.15) is 25.5 Å². The van der Waals surface area contributed by atoms with E-state index in [0.717, 1.165) is 37.6 Å². The molecule has 0 N–H and O–H groups in total. The Balaban J connectivity index is 2.14. The van der Waals surface area contributed by atoms with Crippen LogP contribution in [0, 0.1) is 6.92 Å². The van der Waals surface area contributed by atoms with Gasteiger partial charge in [-0.2, -0.15) is 4.98 Å². The van der Waals surface area contributed by atoms with E-state index in [0.29, 0.717) is 17.3 Å². The zero-order valence-electron chi connectivity index (χ0n) is 10.3. The summed E-state index contributed by atoms with van der Waals surface area (Å²) in [6, 6.07) is 1.88. The Morgan fingerprint density at radius 1 is 1.41 bits per heavy atom. The lowest BCUT2D eigenvalue weighted by Crippen LogP contribution is -2.35. The average Bonchev–Trinajstić information content (AvgIpc) is 2.29. The van der Waals surface area contributed by atoms with Crippen LogP contribution in [0.15, 0.2) is 6.07 Å². The third-order valence-corrected chi connectivity index (χ3v) is 3.73. The topological polar surface area (TPSA) is 38.2 Å². The minimum atomic E-state index is 0.634. The largest absolute Gasteiger partial charge is 0.478 e. The first-order chi connectivity index (χ1) is 8.19. The fraction of sp³-hybridized carbons (Fsp3) is 0.667. The maximum absolute atomic E-state index is 5.45. The zero-order chi connectivity index (χ0) is 12.3. The molecule has 2 heterocycles. The smallest absolute Gasteiger partial charge is 0.228 e. The fourth-order valence-corrected chi connectivity index (χ4v) is 2.35. The van der Waals surface area contributed by atoms with Crippen molar-refractivity contribution < 1.29 is 4.74 Å². The Kier molecular flexibility index (Phi) is 4.20. The summed E-state index contributed by atoms with van der Waals surface area (Å²) in [5, 5.41) is 0. The van der Waals surface area contributed by atoms with Gasteiger partial charge in [0.05, 0.1) is 6.61 Å². The molecule has 0 saturated carbocycles. The zero-order valence-corrected chi connectivity index (χ0v) is 11.9. The van der Waals surface area contributed by atoms with E-state index in [-0.39, 0.29) is 0 Å². The van der Waals surface area contributed by atoms with Gasteiger partial charge in [-0.1, -0.05) is 15.9 Å². The molecule has 17 heavy (non-hydrogen) atoms. The van der Waals surface area contributed by atoms with Gasteiger partial charge in [0.2, 0.25) is 11.8 Å². The van der Waals surface area contributed by atoms with Crippen LogP contribution in [0.2, 0.25) is 0 Å². The van der Waals surface area contributed by atoms with Gasteiger partial charge in [-0.3, -0.25) is 0 Å². The van der Waals surface area contributed by atoms with Crippen LogP contribution in [-0.4, -0.2) is 34.5 Å². The van der Waals surface area contributed by atoms with Crippen molar-refractivity contribution in [1.29, 1.82) is 0 Å².